The van der Waals surface area contributed by atoms with Crippen molar-refractivity contribution in [3.8, 4) is 5.75 Å². The number of thiocarbonyl (C=S) groups is 1. The number of halogens is 1. The topological polar surface area (TPSA) is 35.2 Å². The van der Waals surface area contributed by atoms with Gasteiger partial charge in [0, 0.05) is 5.02 Å². The maximum atomic E-state index is 5.92. The second-order valence-electron chi connectivity index (χ2n) is 4.11. The highest BCUT2D eigenvalue weighted by Crippen LogP contribution is 2.29. The standard InChI is InChI=1S/C12H14ClNOS/c13-9-4-5-10(12(14)16)11(6-9)15-7-8-2-1-3-8/h4-6,8H,1-3,7H2,(H2,14,16). The molecule has 0 amide bonds. The second kappa shape index (κ2) is 5.02. The maximum Gasteiger partial charge on any atom is 0.130 e. The van der Waals surface area contributed by atoms with Crippen molar-refractivity contribution in [1.82, 2.24) is 0 Å². The molecule has 0 aromatic heterocycles. The van der Waals surface area contributed by atoms with Crippen LogP contribution >= 0.6 is 23.8 Å². The Morgan fingerprint density at radius 3 is 2.81 bits per heavy atom. The molecule has 2 nitrogen and oxygen atoms in total. The lowest BCUT2D eigenvalue weighted by Gasteiger charge is -2.25. The molecular weight excluding hydrogens is 242 g/mol. The summed E-state index contributed by atoms with van der Waals surface area (Å²) in [6.07, 6.45) is 3.82. The molecule has 0 saturated heterocycles. The molecule has 0 spiro atoms. The van der Waals surface area contributed by atoms with Gasteiger partial charge in [0.1, 0.15) is 10.7 Å². The Labute approximate surface area is 106 Å². The SMILES string of the molecule is NC(=S)c1ccc(Cl)cc1OCC1CCC1. The van der Waals surface area contributed by atoms with Gasteiger partial charge in [0.15, 0.2) is 0 Å². The highest BCUT2D eigenvalue weighted by atomic mass is 35.5. The maximum absolute atomic E-state index is 5.92. The van der Waals surface area contributed by atoms with Crippen molar-refractivity contribution in [3.05, 3.63) is 28.8 Å². The van der Waals surface area contributed by atoms with Crippen LogP contribution in [0.1, 0.15) is 24.8 Å². The lowest BCUT2D eigenvalue weighted by Crippen LogP contribution is -2.20. The first-order valence-electron chi connectivity index (χ1n) is 5.39. The van der Waals surface area contributed by atoms with Crippen LogP contribution in [0.2, 0.25) is 5.02 Å². The van der Waals surface area contributed by atoms with E-state index < -0.39 is 0 Å². The van der Waals surface area contributed by atoms with Gasteiger partial charge in [-0.2, -0.15) is 0 Å². The molecule has 0 unspecified atom stereocenters. The highest BCUT2D eigenvalue weighted by molar-refractivity contribution is 7.80. The normalized spacial score (nSPS) is 15.6. The smallest absolute Gasteiger partial charge is 0.130 e. The summed E-state index contributed by atoms with van der Waals surface area (Å²) in [5.41, 5.74) is 6.39. The molecule has 86 valence electrons. The summed E-state index contributed by atoms with van der Waals surface area (Å²) in [5, 5.41) is 0.642. The first-order valence-corrected chi connectivity index (χ1v) is 6.17. The van der Waals surface area contributed by atoms with Crippen LogP contribution in [0.5, 0.6) is 5.75 Å². The van der Waals surface area contributed by atoms with Crippen molar-refractivity contribution in [2.75, 3.05) is 6.61 Å². The molecule has 0 heterocycles. The van der Waals surface area contributed by atoms with E-state index in [0.29, 0.717) is 21.7 Å². The molecule has 2 N–H and O–H groups in total. The molecule has 2 rings (SSSR count). The zero-order valence-corrected chi connectivity index (χ0v) is 10.5. The van der Waals surface area contributed by atoms with Gasteiger partial charge in [-0.1, -0.05) is 30.2 Å². The molecule has 0 atom stereocenters. The minimum atomic E-state index is 0.347. The quantitative estimate of drug-likeness (QED) is 0.840. The van der Waals surface area contributed by atoms with Crippen molar-refractivity contribution in [1.29, 1.82) is 0 Å². The van der Waals surface area contributed by atoms with E-state index in [-0.39, 0.29) is 0 Å². The van der Waals surface area contributed by atoms with Crippen LogP contribution in [0, 0.1) is 5.92 Å². The molecule has 0 bridgehead atoms. The molecular formula is C12H14ClNOS. The Kier molecular flexibility index (Phi) is 3.66. The monoisotopic (exact) mass is 255 g/mol. The van der Waals surface area contributed by atoms with E-state index in [9.17, 15) is 0 Å². The third kappa shape index (κ3) is 2.66. The molecule has 1 saturated carbocycles. The molecule has 0 radical (unpaired) electrons. The van der Waals surface area contributed by atoms with Crippen LogP contribution in [0.25, 0.3) is 0 Å². The van der Waals surface area contributed by atoms with Gasteiger partial charge in [-0.3, -0.25) is 0 Å². The molecule has 1 fully saturated rings. The number of hydrogen-bond acceptors (Lipinski definition) is 2. The summed E-state index contributed by atoms with van der Waals surface area (Å²) < 4.78 is 5.73. The van der Waals surface area contributed by atoms with Crippen molar-refractivity contribution < 1.29 is 4.74 Å². The number of nitrogens with two attached hydrogens (primary N) is 1. The zero-order chi connectivity index (χ0) is 11.5. The fourth-order valence-electron chi connectivity index (χ4n) is 1.69. The molecule has 1 aromatic rings. The molecule has 1 aliphatic rings. The summed E-state index contributed by atoms with van der Waals surface area (Å²) in [7, 11) is 0. The van der Waals surface area contributed by atoms with Crippen LogP contribution in [0.3, 0.4) is 0 Å². The Morgan fingerprint density at radius 2 is 2.25 bits per heavy atom. The van der Waals surface area contributed by atoms with Crippen LogP contribution in [-0.4, -0.2) is 11.6 Å². The predicted molar refractivity (Wildman–Crippen MR) is 70.2 cm³/mol. The van der Waals surface area contributed by atoms with Gasteiger partial charge >= 0.3 is 0 Å². The average molecular weight is 256 g/mol. The molecule has 1 aliphatic carbocycles. The number of rotatable bonds is 4. The van der Waals surface area contributed by atoms with Gasteiger partial charge < -0.3 is 10.5 Å². The van der Waals surface area contributed by atoms with Gasteiger partial charge in [0.25, 0.3) is 0 Å². The molecule has 4 heteroatoms. The van der Waals surface area contributed by atoms with E-state index in [4.69, 9.17) is 34.3 Å². The van der Waals surface area contributed by atoms with Gasteiger partial charge in [-0.25, -0.2) is 0 Å². The van der Waals surface area contributed by atoms with Crippen molar-refractivity contribution in [2.45, 2.75) is 19.3 Å². The molecule has 0 aliphatic heterocycles. The Morgan fingerprint density at radius 1 is 1.50 bits per heavy atom. The highest BCUT2D eigenvalue weighted by Gasteiger charge is 2.18. The van der Waals surface area contributed by atoms with E-state index >= 15 is 0 Å². The minimum absolute atomic E-state index is 0.347. The van der Waals surface area contributed by atoms with Crippen LogP contribution in [0.15, 0.2) is 18.2 Å². The summed E-state index contributed by atoms with van der Waals surface area (Å²) in [5.74, 6) is 1.38. The van der Waals surface area contributed by atoms with Gasteiger partial charge in [0.05, 0.1) is 12.2 Å². The van der Waals surface area contributed by atoms with Gasteiger partial charge in [-0.05, 0) is 37.0 Å². The van der Waals surface area contributed by atoms with Crippen molar-refractivity contribution in [2.24, 2.45) is 11.7 Å². The van der Waals surface area contributed by atoms with Gasteiger partial charge in [0.2, 0.25) is 0 Å². The Hall–Kier alpha value is -0.800. The lowest BCUT2D eigenvalue weighted by atomic mass is 9.86. The summed E-state index contributed by atoms with van der Waals surface area (Å²) in [4.78, 5) is 0.347. The third-order valence-corrected chi connectivity index (χ3v) is 3.36. The average Bonchev–Trinajstić information content (AvgIpc) is 2.14. The van der Waals surface area contributed by atoms with Gasteiger partial charge in [-0.15, -0.1) is 0 Å². The minimum Gasteiger partial charge on any atom is -0.493 e. The third-order valence-electron chi connectivity index (χ3n) is 2.91. The zero-order valence-electron chi connectivity index (χ0n) is 8.91. The fraction of sp³-hybridized carbons (Fsp3) is 0.417. The number of benzene rings is 1. The first kappa shape index (κ1) is 11.7. The lowest BCUT2D eigenvalue weighted by molar-refractivity contribution is 0.180. The fourth-order valence-corrected chi connectivity index (χ4v) is 2.02. The first-order chi connectivity index (χ1) is 7.66. The Balaban J connectivity index is 2.09. The summed E-state index contributed by atoms with van der Waals surface area (Å²) in [6.45, 7) is 0.732. The van der Waals surface area contributed by atoms with Crippen LogP contribution in [0.4, 0.5) is 0 Å². The summed E-state index contributed by atoms with van der Waals surface area (Å²) in [6, 6.07) is 5.35. The van der Waals surface area contributed by atoms with Crippen molar-refractivity contribution in [3.63, 3.8) is 0 Å². The van der Waals surface area contributed by atoms with Crippen molar-refractivity contribution >= 4 is 28.8 Å². The van der Waals surface area contributed by atoms with Crippen LogP contribution < -0.4 is 10.5 Å². The van der Waals surface area contributed by atoms with E-state index in [1.54, 1.807) is 18.2 Å². The predicted octanol–water partition coefficient (Wildman–Crippen LogP) is 3.15. The molecule has 16 heavy (non-hydrogen) atoms. The largest absolute Gasteiger partial charge is 0.493 e. The summed E-state index contributed by atoms with van der Waals surface area (Å²) >= 11 is 10.9. The van der Waals surface area contributed by atoms with E-state index in [1.165, 1.54) is 19.3 Å². The van der Waals surface area contributed by atoms with E-state index in [2.05, 4.69) is 0 Å². The van der Waals surface area contributed by atoms with E-state index in [1.807, 2.05) is 0 Å². The van der Waals surface area contributed by atoms with Crippen LogP contribution in [-0.2, 0) is 0 Å². The van der Waals surface area contributed by atoms with E-state index in [0.717, 1.165) is 12.2 Å². The Bertz CT molecular complexity index is 404. The number of hydrogen-bond donors (Lipinski definition) is 1. The molecule has 1 aromatic carbocycles. The number of ether oxygens (including phenoxy) is 1. The second-order valence-corrected chi connectivity index (χ2v) is 4.99.